The smallest absolute Gasteiger partial charge is 0.164 e. The van der Waals surface area contributed by atoms with Gasteiger partial charge in [0.15, 0.2) is 17.5 Å². The van der Waals surface area contributed by atoms with E-state index in [2.05, 4.69) is 235 Å². The molecule has 0 N–H and O–H groups in total. The van der Waals surface area contributed by atoms with Crippen molar-refractivity contribution in [3.05, 3.63) is 253 Å². The topological polar surface area (TPSA) is 52.8 Å². The summed E-state index contributed by atoms with van der Waals surface area (Å²) in [6, 6.07) is 81.1. The van der Waals surface area contributed by atoms with E-state index in [-0.39, 0.29) is 12.0 Å². The van der Waals surface area contributed by atoms with E-state index in [1.165, 1.54) is 33.2 Å². The van der Waals surface area contributed by atoms with Crippen LogP contribution in [0.2, 0.25) is 0 Å². The molecule has 1 aliphatic heterocycles. The van der Waals surface area contributed by atoms with Crippen molar-refractivity contribution >= 4 is 17.0 Å². The maximum atomic E-state index is 6.98. The van der Waals surface area contributed by atoms with Crippen molar-refractivity contribution in [2.75, 3.05) is 0 Å². The molecule has 0 bridgehead atoms. The second-order valence-corrected chi connectivity index (χ2v) is 17.5. The molecule has 0 radical (unpaired) electrons. The van der Waals surface area contributed by atoms with E-state index in [4.69, 9.17) is 19.7 Å². The number of fused-ring (bicyclic) bond motifs is 7. The van der Waals surface area contributed by atoms with Crippen molar-refractivity contribution in [2.24, 2.45) is 0 Å². The van der Waals surface area contributed by atoms with Gasteiger partial charge >= 0.3 is 0 Å². The van der Waals surface area contributed by atoms with Crippen LogP contribution >= 0.6 is 0 Å². The summed E-state index contributed by atoms with van der Waals surface area (Å²) >= 11 is 0. The Morgan fingerprint density at radius 2 is 0.809 bits per heavy atom. The van der Waals surface area contributed by atoms with Crippen molar-refractivity contribution in [2.45, 2.75) is 12.0 Å². The zero-order chi connectivity index (χ0) is 45.0. The largest absolute Gasteiger partial charge is 0.484 e. The first-order valence-electron chi connectivity index (χ1n) is 23.2. The molecule has 68 heavy (non-hydrogen) atoms. The molecule has 5 nitrogen and oxygen atoms in total. The van der Waals surface area contributed by atoms with Crippen LogP contribution in [0.1, 0.15) is 28.8 Å². The summed E-state index contributed by atoms with van der Waals surface area (Å²) in [5.41, 5.74) is 17.8. The Morgan fingerprint density at radius 3 is 1.44 bits per heavy atom. The van der Waals surface area contributed by atoms with Crippen LogP contribution in [0.3, 0.4) is 0 Å². The molecule has 2 unspecified atom stereocenters. The van der Waals surface area contributed by atoms with Crippen molar-refractivity contribution in [3.63, 3.8) is 0 Å². The Hall–Kier alpha value is -8.93. The Morgan fingerprint density at radius 1 is 0.368 bits per heavy atom. The highest BCUT2D eigenvalue weighted by atomic mass is 16.5. The minimum Gasteiger partial charge on any atom is -0.484 e. The van der Waals surface area contributed by atoms with Crippen LogP contribution in [0, 0.1) is 0 Å². The number of nitrogens with zero attached hydrogens (tertiary/aromatic N) is 4. The highest BCUT2D eigenvalue weighted by molar-refractivity contribution is 5.92. The lowest BCUT2D eigenvalue weighted by molar-refractivity contribution is 0.224. The Balaban J connectivity index is 0.862. The first-order chi connectivity index (χ1) is 33.7. The fourth-order valence-corrected chi connectivity index (χ4v) is 10.1. The van der Waals surface area contributed by atoms with Gasteiger partial charge in [-0.25, -0.2) is 15.0 Å². The lowest BCUT2D eigenvalue weighted by Crippen LogP contribution is -2.13. The average molecular weight is 871 g/mol. The summed E-state index contributed by atoms with van der Waals surface area (Å²) in [6.07, 6.45) is 4.41. The van der Waals surface area contributed by atoms with Gasteiger partial charge in [-0.3, -0.25) is 0 Å². The van der Waals surface area contributed by atoms with Crippen LogP contribution in [-0.2, 0) is 0 Å². The lowest BCUT2D eigenvalue weighted by Gasteiger charge is -2.22. The van der Waals surface area contributed by atoms with Crippen molar-refractivity contribution in [1.29, 1.82) is 0 Å². The molecule has 2 aliphatic rings. The van der Waals surface area contributed by atoms with Crippen molar-refractivity contribution < 1.29 is 4.74 Å². The normalized spacial score (nSPS) is 14.5. The van der Waals surface area contributed by atoms with Gasteiger partial charge < -0.3 is 9.30 Å². The molecule has 2 atom stereocenters. The summed E-state index contributed by atoms with van der Waals surface area (Å²) in [5.74, 6) is 2.73. The minimum atomic E-state index is -0.195. The third kappa shape index (κ3) is 7.00. The summed E-state index contributed by atoms with van der Waals surface area (Å²) in [7, 11) is 0. The van der Waals surface area contributed by atoms with E-state index < -0.39 is 0 Å². The van der Waals surface area contributed by atoms with E-state index >= 15 is 0 Å². The van der Waals surface area contributed by atoms with E-state index in [9.17, 15) is 0 Å². The van der Waals surface area contributed by atoms with Crippen LogP contribution in [-0.4, -0.2) is 19.5 Å². The number of ether oxygens (including phenoxy) is 1. The predicted molar refractivity (Wildman–Crippen MR) is 276 cm³/mol. The lowest BCUT2D eigenvalue weighted by atomic mass is 9.85. The van der Waals surface area contributed by atoms with E-state index in [1.54, 1.807) is 0 Å². The van der Waals surface area contributed by atoms with Crippen molar-refractivity contribution in [1.82, 2.24) is 19.5 Å². The Kier molecular flexibility index (Phi) is 9.57. The third-order valence-electron chi connectivity index (χ3n) is 13.4. The molecule has 0 amide bonds. The fraction of sp³-hybridized carbons (Fsp3) is 0.0317. The molecular formula is C63H42N4O. The fourth-order valence-electron chi connectivity index (χ4n) is 10.1. The van der Waals surface area contributed by atoms with Gasteiger partial charge in [-0.05, 0) is 99.1 Å². The van der Waals surface area contributed by atoms with Crippen LogP contribution in [0.15, 0.2) is 237 Å². The molecule has 11 aromatic rings. The van der Waals surface area contributed by atoms with Gasteiger partial charge in [0.2, 0.25) is 0 Å². The number of benzene rings is 9. The van der Waals surface area contributed by atoms with E-state index in [1.807, 2.05) is 12.1 Å². The predicted octanol–water partition coefficient (Wildman–Crippen LogP) is 15.7. The average Bonchev–Trinajstić information content (AvgIpc) is 3.97. The van der Waals surface area contributed by atoms with Gasteiger partial charge in [-0.1, -0.05) is 188 Å². The van der Waals surface area contributed by atoms with Gasteiger partial charge in [-0.15, -0.1) is 0 Å². The Bertz CT molecular complexity index is 3690. The number of hydrogen-bond donors (Lipinski definition) is 0. The zero-order valence-corrected chi connectivity index (χ0v) is 36.9. The van der Waals surface area contributed by atoms with Crippen LogP contribution in [0.4, 0.5) is 0 Å². The minimum absolute atomic E-state index is 0.00448. The standard InChI is InChI=1S/C63H42N4O/c1-4-14-41(15-5-1)44-26-28-46(29-27-44)61-64-62(50-23-13-22-49(39-50)43-18-8-3-9-19-43)66-63(65-61)51-32-37-58-55(40-51)53-35-36-57-59(60(53)68-58)54-24-10-11-25-56(54)67(57)52-33-30-45(31-34-52)48-21-12-20-47(38-48)42-16-6-2-7-17-42/h1-40,53,60H. The summed E-state index contributed by atoms with van der Waals surface area (Å²) < 4.78 is 9.36. The third-order valence-corrected chi connectivity index (χ3v) is 13.4. The quantitative estimate of drug-likeness (QED) is 0.153. The summed E-state index contributed by atoms with van der Waals surface area (Å²) in [6.45, 7) is 0. The number of hydrogen-bond acceptors (Lipinski definition) is 4. The monoisotopic (exact) mass is 870 g/mol. The number of rotatable bonds is 8. The first kappa shape index (κ1) is 39.4. The van der Waals surface area contributed by atoms with Crippen molar-refractivity contribution in [3.8, 4) is 90.1 Å². The number of para-hydroxylation sites is 1. The Labute approximate surface area is 395 Å². The van der Waals surface area contributed by atoms with Gasteiger partial charge in [0.1, 0.15) is 11.9 Å². The number of aromatic nitrogens is 4. The molecule has 5 heteroatoms. The molecule has 3 heterocycles. The highest BCUT2D eigenvalue weighted by Gasteiger charge is 2.40. The maximum Gasteiger partial charge on any atom is 0.164 e. The second kappa shape index (κ2) is 16.5. The zero-order valence-electron chi connectivity index (χ0n) is 36.9. The van der Waals surface area contributed by atoms with Gasteiger partial charge in [0.05, 0.1) is 11.2 Å². The van der Waals surface area contributed by atoms with E-state index in [0.29, 0.717) is 17.5 Å². The molecule has 13 rings (SSSR count). The van der Waals surface area contributed by atoms with Crippen LogP contribution in [0.25, 0.3) is 101 Å². The van der Waals surface area contributed by atoms with E-state index in [0.717, 1.165) is 67.2 Å². The molecule has 9 aromatic carbocycles. The highest BCUT2D eigenvalue weighted by Crippen LogP contribution is 2.53. The molecule has 0 fully saturated rings. The molecule has 0 saturated heterocycles. The molecule has 1 aliphatic carbocycles. The second-order valence-electron chi connectivity index (χ2n) is 17.5. The molecular weight excluding hydrogens is 829 g/mol. The maximum absolute atomic E-state index is 6.98. The molecule has 0 spiro atoms. The van der Waals surface area contributed by atoms with Crippen LogP contribution < -0.4 is 4.74 Å². The molecule has 0 saturated carbocycles. The van der Waals surface area contributed by atoms with Crippen LogP contribution in [0.5, 0.6) is 5.75 Å². The van der Waals surface area contributed by atoms with Gasteiger partial charge in [-0.2, -0.15) is 0 Å². The summed E-state index contributed by atoms with van der Waals surface area (Å²) in [5, 5.41) is 1.19. The SMILES string of the molecule is C1=CC2c3cc(-c4nc(-c5ccc(-c6ccccc6)cc5)nc(-c5cccc(-c6ccccc6)c5)n4)ccc3OC2c2c1n(-c1ccc(-c3cccc(-c4ccccc4)c3)cc1)c1ccccc21. The van der Waals surface area contributed by atoms with Gasteiger partial charge in [0, 0.05) is 44.8 Å². The summed E-state index contributed by atoms with van der Waals surface area (Å²) in [4.78, 5) is 15.5. The molecule has 2 aromatic heterocycles. The first-order valence-corrected chi connectivity index (χ1v) is 23.2. The molecule has 320 valence electrons. The van der Waals surface area contributed by atoms with Gasteiger partial charge in [0.25, 0.3) is 0 Å².